The molecule has 0 fully saturated rings. The zero-order valence-electron chi connectivity index (χ0n) is 34.8. The van der Waals surface area contributed by atoms with Crippen LogP contribution >= 0.6 is 45.9 Å². The molecule has 4 aromatic carbocycles. The highest BCUT2D eigenvalue weighted by Crippen LogP contribution is 2.33. The Morgan fingerprint density at radius 1 is 0.672 bits per heavy atom. The van der Waals surface area contributed by atoms with Gasteiger partial charge in [-0.15, -0.1) is 22.7 Å². The number of carbonyl (C=O) groups is 6. The number of imide groups is 1. The fourth-order valence-electron chi connectivity index (χ4n) is 7.04. The van der Waals surface area contributed by atoms with Crippen molar-refractivity contribution >= 4 is 92.9 Å². The molecular formula is C47H42Cl2N6O7S2. The van der Waals surface area contributed by atoms with E-state index in [2.05, 4.69) is 16.0 Å². The predicted molar refractivity (Wildman–Crippen MR) is 249 cm³/mol. The van der Waals surface area contributed by atoms with E-state index in [1.165, 1.54) is 11.3 Å². The highest BCUT2D eigenvalue weighted by Gasteiger charge is 2.38. The summed E-state index contributed by atoms with van der Waals surface area (Å²) in [4.78, 5) is 80.0. The van der Waals surface area contributed by atoms with Crippen LogP contribution in [0.5, 0.6) is 0 Å². The molecule has 0 unspecified atom stereocenters. The number of hydrogen-bond donors (Lipinski definition) is 4. The largest absolute Gasteiger partial charge is 0.444 e. The van der Waals surface area contributed by atoms with Gasteiger partial charge in [0, 0.05) is 43.0 Å². The van der Waals surface area contributed by atoms with Crippen LogP contribution in [0.15, 0.2) is 109 Å². The molecule has 2 aliphatic heterocycles. The fraction of sp³-hybridized carbons (Fsp3) is 0.191. The number of halogens is 2. The van der Waals surface area contributed by atoms with E-state index in [1.807, 2.05) is 42.5 Å². The number of alkyl carbamates (subject to hydrolysis) is 1. The van der Waals surface area contributed by atoms with Crippen molar-refractivity contribution < 1.29 is 33.5 Å². The molecule has 0 saturated heterocycles. The summed E-state index contributed by atoms with van der Waals surface area (Å²) >= 11 is 14.2. The predicted octanol–water partition coefficient (Wildman–Crippen LogP) is 9.74. The summed E-state index contributed by atoms with van der Waals surface area (Å²) in [5.41, 5.74) is 11.4. The monoisotopic (exact) mass is 936 g/mol. The zero-order valence-corrected chi connectivity index (χ0v) is 38.0. The molecular weight excluding hydrogens is 896 g/mol. The normalized spacial score (nSPS) is 12.9. The maximum absolute atomic E-state index is 13.2. The minimum atomic E-state index is -0.605. The number of nitrogens with zero attached hydrogens (tertiary/aromatic N) is 2. The van der Waals surface area contributed by atoms with E-state index in [1.54, 1.807) is 92.4 Å². The van der Waals surface area contributed by atoms with Crippen LogP contribution in [0.1, 0.15) is 99.0 Å². The number of nitrogens with one attached hydrogen (secondary N) is 3. The first-order valence-corrected chi connectivity index (χ1v) is 22.3. The third kappa shape index (κ3) is 10.9. The minimum Gasteiger partial charge on any atom is -0.444 e. The van der Waals surface area contributed by atoms with Gasteiger partial charge >= 0.3 is 6.09 Å². The quantitative estimate of drug-likeness (QED) is 0.0927. The SMILES string of the molecule is CC(C)(C)OC(=O)NCc1cccc(CN2C(=O)c3cccc(NC(=O)c4ccc(Cl)s4)c3C2=O)c1.NCc1cccc(CN2Cc3c(NC(=O)c4ccc(Cl)s4)cccc3C2=O)c1. The van der Waals surface area contributed by atoms with E-state index >= 15 is 0 Å². The summed E-state index contributed by atoms with van der Waals surface area (Å²) in [5.74, 6) is -1.62. The number of anilines is 2. The van der Waals surface area contributed by atoms with Gasteiger partial charge in [-0.3, -0.25) is 28.9 Å². The summed E-state index contributed by atoms with van der Waals surface area (Å²) in [6.45, 7) is 7.02. The lowest BCUT2D eigenvalue weighted by Gasteiger charge is -2.20. The zero-order chi connectivity index (χ0) is 45.7. The molecule has 64 heavy (non-hydrogen) atoms. The lowest BCUT2D eigenvalue weighted by Crippen LogP contribution is -2.32. The van der Waals surface area contributed by atoms with Crippen molar-refractivity contribution in [2.45, 2.75) is 59.1 Å². The van der Waals surface area contributed by atoms with Crippen molar-refractivity contribution in [3.8, 4) is 0 Å². The molecule has 0 saturated carbocycles. The van der Waals surface area contributed by atoms with E-state index < -0.39 is 29.4 Å². The first-order chi connectivity index (χ1) is 30.6. The van der Waals surface area contributed by atoms with Gasteiger partial charge in [0.25, 0.3) is 29.5 Å². The van der Waals surface area contributed by atoms with E-state index in [-0.39, 0.29) is 41.7 Å². The molecule has 8 rings (SSSR count). The second-order valence-electron chi connectivity index (χ2n) is 15.7. The smallest absolute Gasteiger partial charge is 0.407 e. The van der Waals surface area contributed by atoms with Crippen molar-refractivity contribution in [2.75, 3.05) is 10.6 Å². The Balaban J connectivity index is 0.000000197. The Morgan fingerprint density at radius 3 is 1.83 bits per heavy atom. The highest BCUT2D eigenvalue weighted by atomic mass is 35.5. The van der Waals surface area contributed by atoms with Crippen LogP contribution in [0.4, 0.5) is 16.2 Å². The first-order valence-electron chi connectivity index (χ1n) is 19.9. The van der Waals surface area contributed by atoms with Crippen LogP contribution in [0.3, 0.4) is 0 Å². The van der Waals surface area contributed by atoms with Crippen LogP contribution in [0.25, 0.3) is 0 Å². The lowest BCUT2D eigenvalue weighted by atomic mass is 10.1. The molecule has 0 radical (unpaired) electrons. The third-order valence-electron chi connectivity index (χ3n) is 9.90. The van der Waals surface area contributed by atoms with Gasteiger partial charge in [-0.25, -0.2) is 4.79 Å². The summed E-state index contributed by atoms with van der Waals surface area (Å²) < 4.78 is 6.28. The van der Waals surface area contributed by atoms with Crippen molar-refractivity contribution in [3.05, 3.63) is 172 Å². The van der Waals surface area contributed by atoms with E-state index in [0.717, 1.165) is 38.5 Å². The Labute approximate surface area is 387 Å². The molecule has 0 spiro atoms. The molecule has 2 aliphatic rings. The molecule has 13 nitrogen and oxygen atoms in total. The number of carbonyl (C=O) groups excluding carboxylic acids is 6. The standard InChI is InChI=1S/C26H24ClN3O5S.C21H18ClN3O2S/c1-26(2,3)35-25(34)28-13-15-6-4-7-16(12-15)14-30-23(32)17-8-5-9-18(21(17)24(30)33)29-22(31)19-10-11-20(27)36-19;22-19-8-7-18(28-19)20(26)24-17-6-2-5-15-16(17)12-25(21(15)27)11-14-4-1-3-13(9-14)10-23/h4-12H,13-14H2,1-3H3,(H,28,34)(H,29,31);1-9H,10-12,23H2,(H,24,26). The summed E-state index contributed by atoms with van der Waals surface area (Å²) in [5, 5.41) is 8.33. The average Bonchev–Trinajstić information content (AvgIpc) is 4.04. The van der Waals surface area contributed by atoms with Crippen LogP contribution in [0, 0.1) is 0 Å². The first kappa shape index (κ1) is 45.7. The maximum atomic E-state index is 13.2. The molecule has 6 amide bonds. The Morgan fingerprint density at radius 2 is 1.22 bits per heavy atom. The maximum Gasteiger partial charge on any atom is 0.407 e. The highest BCUT2D eigenvalue weighted by molar-refractivity contribution is 7.18. The van der Waals surface area contributed by atoms with Gasteiger partial charge < -0.3 is 31.3 Å². The van der Waals surface area contributed by atoms with Crippen LogP contribution in [0.2, 0.25) is 8.67 Å². The van der Waals surface area contributed by atoms with Crippen molar-refractivity contribution in [1.29, 1.82) is 0 Å². The number of benzene rings is 4. The second-order valence-corrected chi connectivity index (χ2v) is 19.2. The molecule has 6 aromatic rings. The molecule has 5 N–H and O–H groups in total. The van der Waals surface area contributed by atoms with E-state index in [9.17, 15) is 28.8 Å². The third-order valence-corrected chi connectivity index (χ3v) is 12.4. The van der Waals surface area contributed by atoms with Gasteiger partial charge in [-0.1, -0.05) is 83.9 Å². The van der Waals surface area contributed by atoms with Crippen LogP contribution < -0.4 is 21.7 Å². The second kappa shape index (κ2) is 19.6. The van der Waals surface area contributed by atoms with Crippen LogP contribution in [-0.2, 0) is 37.5 Å². The molecule has 2 aromatic heterocycles. The van der Waals surface area contributed by atoms with Crippen molar-refractivity contribution in [2.24, 2.45) is 5.73 Å². The molecule has 17 heteroatoms. The molecule has 0 bridgehead atoms. The van der Waals surface area contributed by atoms with Gasteiger partial charge in [0.1, 0.15) is 5.60 Å². The van der Waals surface area contributed by atoms with Gasteiger partial charge in [0.15, 0.2) is 0 Å². The number of hydrogen-bond acceptors (Lipinski definition) is 10. The topological polar surface area (TPSA) is 180 Å². The molecule has 4 heterocycles. The number of nitrogens with two attached hydrogens (primary N) is 1. The summed E-state index contributed by atoms with van der Waals surface area (Å²) in [6, 6.07) is 31.9. The number of ether oxygens (including phenoxy) is 1. The molecule has 328 valence electrons. The van der Waals surface area contributed by atoms with Gasteiger partial charge in [0.05, 0.1) is 41.8 Å². The van der Waals surface area contributed by atoms with Crippen molar-refractivity contribution in [1.82, 2.24) is 15.1 Å². The number of rotatable bonds is 11. The number of fused-ring (bicyclic) bond motifs is 2. The Kier molecular flexibility index (Phi) is 14.0. The van der Waals surface area contributed by atoms with E-state index in [0.29, 0.717) is 54.9 Å². The van der Waals surface area contributed by atoms with Gasteiger partial charge in [-0.05, 0) is 91.6 Å². The van der Waals surface area contributed by atoms with E-state index in [4.69, 9.17) is 33.7 Å². The summed E-state index contributed by atoms with van der Waals surface area (Å²) in [7, 11) is 0. The Hall–Kier alpha value is -6.36. The Bertz CT molecular complexity index is 2800. The average molecular weight is 938 g/mol. The van der Waals surface area contributed by atoms with Crippen molar-refractivity contribution in [3.63, 3.8) is 0 Å². The number of thiophene rings is 2. The molecule has 0 atom stereocenters. The van der Waals surface area contributed by atoms with Gasteiger partial charge in [-0.2, -0.15) is 0 Å². The van der Waals surface area contributed by atoms with Crippen LogP contribution in [-0.4, -0.2) is 51.0 Å². The molecule has 0 aliphatic carbocycles. The lowest BCUT2D eigenvalue weighted by molar-refractivity contribution is 0.0522. The summed E-state index contributed by atoms with van der Waals surface area (Å²) in [6.07, 6.45) is -0.535. The van der Waals surface area contributed by atoms with Gasteiger partial charge in [0.2, 0.25) is 0 Å². The number of amides is 6. The minimum absolute atomic E-state index is 0.0385. The fourth-order valence-corrected chi connectivity index (χ4v) is 8.92.